The number of hydrogen-bond donors (Lipinski definition) is 2. The van der Waals surface area contributed by atoms with Gasteiger partial charge in [-0.2, -0.15) is 4.68 Å². The van der Waals surface area contributed by atoms with Crippen LogP contribution in [0.15, 0.2) is 48.5 Å². The van der Waals surface area contributed by atoms with E-state index < -0.39 is 0 Å². The topological polar surface area (TPSA) is 84.7 Å². The van der Waals surface area contributed by atoms with Gasteiger partial charge in [-0.1, -0.05) is 18.2 Å². The SMILES string of the molecule is Cc1nnnn1-c1cccc(NC(=O)NCc2ccc(F)cc2)c1. The molecule has 24 heavy (non-hydrogen) atoms. The lowest BCUT2D eigenvalue weighted by Gasteiger charge is -2.09. The molecule has 0 aliphatic carbocycles. The first-order valence-corrected chi connectivity index (χ1v) is 7.26. The van der Waals surface area contributed by atoms with Crippen LogP contribution >= 0.6 is 0 Å². The second-order valence-electron chi connectivity index (χ2n) is 5.12. The lowest BCUT2D eigenvalue weighted by molar-refractivity contribution is 0.251. The Labute approximate surface area is 137 Å². The van der Waals surface area contributed by atoms with Crippen LogP contribution in [-0.2, 0) is 6.54 Å². The van der Waals surface area contributed by atoms with E-state index in [0.29, 0.717) is 18.1 Å². The summed E-state index contributed by atoms with van der Waals surface area (Å²) in [5, 5.41) is 16.8. The fraction of sp³-hybridized carbons (Fsp3) is 0.125. The summed E-state index contributed by atoms with van der Waals surface area (Å²) in [4.78, 5) is 12.0. The molecule has 0 aliphatic heterocycles. The third-order valence-electron chi connectivity index (χ3n) is 3.34. The highest BCUT2D eigenvalue weighted by Gasteiger charge is 2.06. The third-order valence-corrected chi connectivity index (χ3v) is 3.34. The zero-order valence-corrected chi connectivity index (χ0v) is 12.9. The summed E-state index contributed by atoms with van der Waals surface area (Å²) in [6.45, 7) is 2.09. The van der Waals surface area contributed by atoms with E-state index in [1.807, 2.05) is 6.07 Å². The quantitative estimate of drug-likeness (QED) is 0.771. The molecule has 2 aromatic carbocycles. The van der Waals surface area contributed by atoms with E-state index in [1.165, 1.54) is 12.1 Å². The summed E-state index contributed by atoms with van der Waals surface area (Å²) in [6.07, 6.45) is 0. The number of aryl methyl sites for hydroxylation is 1. The molecule has 0 saturated carbocycles. The molecule has 3 rings (SSSR count). The van der Waals surface area contributed by atoms with E-state index in [1.54, 1.807) is 41.9 Å². The van der Waals surface area contributed by atoms with Crippen LogP contribution in [0.25, 0.3) is 5.69 Å². The van der Waals surface area contributed by atoms with Crippen LogP contribution in [0.3, 0.4) is 0 Å². The van der Waals surface area contributed by atoms with Crippen LogP contribution in [0.2, 0.25) is 0 Å². The lowest BCUT2D eigenvalue weighted by atomic mass is 10.2. The zero-order chi connectivity index (χ0) is 16.9. The van der Waals surface area contributed by atoms with Crippen molar-refractivity contribution in [2.45, 2.75) is 13.5 Å². The highest BCUT2D eigenvalue weighted by molar-refractivity contribution is 5.89. The van der Waals surface area contributed by atoms with Crippen molar-refractivity contribution in [3.05, 3.63) is 65.7 Å². The van der Waals surface area contributed by atoms with Gasteiger partial charge in [-0.05, 0) is 53.2 Å². The van der Waals surface area contributed by atoms with Crippen molar-refractivity contribution in [1.29, 1.82) is 0 Å². The number of nitrogens with one attached hydrogen (secondary N) is 2. The molecular formula is C16H15FN6O. The maximum Gasteiger partial charge on any atom is 0.319 e. The Balaban J connectivity index is 1.62. The predicted octanol–water partition coefficient (Wildman–Crippen LogP) is 2.43. The first-order valence-electron chi connectivity index (χ1n) is 7.26. The molecule has 0 unspecified atom stereocenters. The Kier molecular flexibility index (Phi) is 4.46. The van der Waals surface area contributed by atoms with E-state index in [2.05, 4.69) is 26.2 Å². The summed E-state index contributed by atoms with van der Waals surface area (Å²) < 4.78 is 14.4. The van der Waals surface area contributed by atoms with Crippen LogP contribution in [0.4, 0.5) is 14.9 Å². The highest BCUT2D eigenvalue weighted by atomic mass is 19.1. The Bertz CT molecular complexity index is 846. The standard InChI is InChI=1S/C16H15FN6O/c1-11-20-21-22-23(11)15-4-2-3-14(9-15)19-16(24)18-10-12-5-7-13(17)8-6-12/h2-9H,10H2,1H3,(H2,18,19,24). The molecule has 1 heterocycles. The van der Waals surface area contributed by atoms with E-state index in [0.717, 1.165) is 11.3 Å². The summed E-state index contributed by atoms with van der Waals surface area (Å²) in [7, 11) is 0. The summed E-state index contributed by atoms with van der Waals surface area (Å²) >= 11 is 0. The summed E-state index contributed by atoms with van der Waals surface area (Å²) in [5.74, 6) is 0.339. The van der Waals surface area contributed by atoms with Crippen LogP contribution in [0.5, 0.6) is 0 Å². The fourth-order valence-corrected chi connectivity index (χ4v) is 2.15. The molecule has 8 heteroatoms. The largest absolute Gasteiger partial charge is 0.334 e. The minimum atomic E-state index is -0.357. The number of urea groups is 1. The molecular weight excluding hydrogens is 311 g/mol. The molecule has 0 spiro atoms. The first kappa shape index (κ1) is 15.6. The summed E-state index contributed by atoms with van der Waals surface area (Å²) in [5.41, 5.74) is 2.16. The number of rotatable bonds is 4. The molecule has 2 N–H and O–H groups in total. The van der Waals surface area contributed by atoms with Crippen molar-refractivity contribution in [2.24, 2.45) is 0 Å². The minimum absolute atomic E-state index is 0.303. The van der Waals surface area contributed by atoms with Gasteiger partial charge in [0.05, 0.1) is 5.69 Å². The number of amides is 2. The van der Waals surface area contributed by atoms with Gasteiger partial charge in [0, 0.05) is 12.2 Å². The van der Waals surface area contributed by atoms with E-state index in [9.17, 15) is 9.18 Å². The smallest absolute Gasteiger partial charge is 0.319 e. The van der Waals surface area contributed by atoms with Crippen LogP contribution in [-0.4, -0.2) is 26.2 Å². The number of tetrazole rings is 1. The van der Waals surface area contributed by atoms with Gasteiger partial charge in [0.1, 0.15) is 5.82 Å². The van der Waals surface area contributed by atoms with Crippen molar-refractivity contribution < 1.29 is 9.18 Å². The predicted molar refractivity (Wildman–Crippen MR) is 86.1 cm³/mol. The Hall–Kier alpha value is -3.29. The molecule has 1 aromatic heterocycles. The fourth-order valence-electron chi connectivity index (χ4n) is 2.15. The van der Waals surface area contributed by atoms with Crippen LogP contribution < -0.4 is 10.6 Å². The number of halogens is 1. The Morgan fingerprint density at radius 1 is 1.21 bits per heavy atom. The van der Waals surface area contributed by atoms with Crippen LogP contribution in [0, 0.1) is 12.7 Å². The van der Waals surface area contributed by atoms with Crippen molar-refractivity contribution in [1.82, 2.24) is 25.5 Å². The van der Waals surface area contributed by atoms with Gasteiger partial charge < -0.3 is 10.6 Å². The molecule has 7 nitrogen and oxygen atoms in total. The molecule has 0 saturated heterocycles. The monoisotopic (exact) mass is 326 g/mol. The van der Waals surface area contributed by atoms with Crippen molar-refractivity contribution in [3.8, 4) is 5.69 Å². The van der Waals surface area contributed by atoms with E-state index in [4.69, 9.17) is 0 Å². The van der Waals surface area contributed by atoms with E-state index >= 15 is 0 Å². The average molecular weight is 326 g/mol. The maximum absolute atomic E-state index is 12.8. The molecule has 122 valence electrons. The normalized spacial score (nSPS) is 10.4. The van der Waals surface area contributed by atoms with Crippen LogP contribution in [0.1, 0.15) is 11.4 Å². The second-order valence-corrected chi connectivity index (χ2v) is 5.12. The highest BCUT2D eigenvalue weighted by Crippen LogP contribution is 2.14. The molecule has 0 aliphatic rings. The van der Waals surface area contributed by atoms with Gasteiger partial charge in [-0.25, -0.2) is 9.18 Å². The average Bonchev–Trinajstić information content (AvgIpc) is 3.01. The van der Waals surface area contributed by atoms with Crippen molar-refractivity contribution in [3.63, 3.8) is 0 Å². The van der Waals surface area contributed by atoms with Gasteiger partial charge in [-0.15, -0.1) is 5.10 Å². The zero-order valence-electron chi connectivity index (χ0n) is 12.9. The molecule has 2 amide bonds. The molecule has 0 bridgehead atoms. The number of nitrogens with zero attached hydrogens (tertiary/aromatic N) is 4. The molecule has 3 aromatic rings. The number of hydrogen-bond acceptors (Lipinski definition) is 4. The Morgan fingerprint density at radius 3 is 2.71 bits per heavy atom. The van der Waals surface area contributed by atoms with Gasteiger partial charge in [0.15, 0.2) is 5.82 Å². The number of anilines is 1. The molecule has 0 atom stereocenters. The number of aromatic nitrogens is 4. The first-order chi connectivity index (χ1) is 11.6. The minimum Gasteiger partial charge on any atom is -0.334 e. The second kappa shape index (κ2) is 6.86. The van der Waals surface area contributed by atoms with Crippen molar-refractivity contribution in [2.75, 3.05) is 5.32 Å². The van der Waals surface area contributed by atoms with E-state index in [-0.39, 0.29) is 11.8 Å². The third kappa shape index (κ3) is 3.72. The molecule has 0 radical (unpaired) electrons. The van der Waals surface area contributed by atoms with Gasteiger partial charge in [-0.3, -0.25) is 0 Å². The number of benzene rings is 2. The van der Waals surface area contributed by atoms with Gasteiger partial charge in [0.2, 0.25) is 0 Å². The molecule has 0 fully saturated rings. The number of carbonyl (C=O) groups excluding carboxylic acids is 1. The summed E-state index contributed by atoms with van der Waals surface area (Å²) in [6, 6.07) is 12.8. The lowest BCUT2D eigenvalue weighted by Crippen LogP contribution is -2.28. The number of carbonyl (C=O) groups is 1. The van der Waals surface area contributed by atoms with Gasteiger partial charge in [0.25, 0.3) is 0 Å². The Morgan fingerprint density at radius 2 is 2.00 bits per heavy atom. The maximum atomic E-state index is 12.8. The van der Waals surface area contributed by atoms with Gasteiger partial charge >= 0.3 is 6.03 Å². The van der Waals surface area contributed by atoms with Crippen molar-refractivity contribution >= 4 is 11.7 Å².